The predicted molar refractivity (Wildman–Crippen MR) is 86.4 cm³/mol. The molecular weight excluding hydrogens is 298 g/mol. The Bertz CT molecular complexity index is 789. The van der Waals surface area contributed by atoms with Crippen LogP contribution < -0.4 is 10.5 Å². The van der Waals surface area contributed by atoms with E-state index in [9.17, 15) is 0 Å². The molecule has 0 saturated heterocycles. The molecule has 114 valence electrons. The topological polar surface area (TPSA) is 78.9 Å². The van der Waals surface area contributed by atoms with Crippen LogP contribution in [0.1, 0.15) is 16.3 Å². The first-order chi connectivity index (χ1) is 10.6. The molecule has 3 rings (SSSR count). The average Bonchev–Trinajstić information content (AvgIpc) is 3.11. The maximum absolute atomic E-state index is 5.82. The van der Waals surface area contributed by atoms with Crippen molar-refractivity contribution in [2.45, 2.75) is 20.4 Å². The molecule has 0 aliphatic rings. The van der Waals surface area contributed by atoms with Crippen LogP contribution in [0.2, 0.25) is 0 Å². The van der Waals surface area contributed by atoms with Crippen molar-refractivity contribution in [3.8, 4) is 22.1 Å². The van der Waals surface area contributed by atoms with Crippen LogP contribution >= 0.6 is 11.3 Å². The van der Waals surface area contributed by atoms with Crippen molar-refractivity contribution in [2.24, 2.45) is 5.73 Å². The number of benzene rings is 1. The van der Waals surface area contributed by atoms with Gasteiger partial charge < -0.3 is 10.5 Å². The Morgan fingerprint density at radius 1 is 1.32 bits per heavy atom. The van der Waals surface area contributed by atoms with Crippen LogP contribution in [0.5, 0.6) is 5.75 Å². The number of aryl methyl sites for hydroxylation is 2. The molecule has 0 bridgehead atoms. The summed E-state index contributed by atoms with van der Waals surface area (Å²) in [5.41, 5.74) is 9.37. The van der Waals surface area contributed by atoms with Crippen LogP contribution in [0, 0.1) is 13.8 Å². The molecule has 0 amide bonds. The first-order valence-corrected chi connectivity index (χ1v) is 7.69. The minimum Gasteiger partial charge on any atom is -0.497 e. The van der Waals surface area contributed by atoms with Gasteiger partial charge in [0.1, 0.15) is 17.1 Å². The summed E-state index contributed by atoms with van der Waals surface area (Å²) in [5, 5.41) is 9.22. The van der Waals surface area contributed by atoms with E-state index in [1.807, 2.05) is 38.1 Å². The highest BCUT2D eigenvalue weighted by atomic mass is 32.1. The van der Waals surface area contributed by atoms with E-state index < -0.39 is 0 Å². The van der Waals surface area contributed by atoms with E-state index in [0.717, 1.165) is 38.4 Å². The fourth-order valence-corrected chi connectivity index (χ4v) is 3.05. The molecule has 0 saturated carbocycles. The number of nitrogens with zero attached hydrogens (tertiary/aromatic N) is 4. The number of methoxy groups -OCH3 is 1. The predicted octanol–water partition coefficient (Wildman–Crippen LogP) is 2.47. The molecule has 0 fully saturated rings. The SMILES string of the molecule is COc1cccc(-c2c(CN)nnn2-c2nc(C)c(C)s2)c1. The maximum atomic E-state index is 5.82. The Morgan fingerprint density at radius 3 is 2.77 bits per heavy atom. The highest BCUT2D eigenvalue weighted by Gasteiger charge is 2.18. The first-order valence-electron chi connectivity index (χ1n) is 6.87. The standard InChI is InChI=1S/C15H17N5OS/c1-9-10(2)22-15(17-9)20-14(13(8-16)18-19-20)11-5-4-6-12(7-11)21-3/h4-7H,8,16H2,1-3H3. The summed E-state index contributed by atoms with van der Waals surface area (Å²) in [6, 6.07) is 7.77. The van der Waals surface area contributed by atoms with Crippen molar-refractivity contribution >= 4 is 11.3 Å². The molecule has 2 N–H and O–H groups in total. The third-order valence-corrected chi connectivity index (χ3v) is 4.52. The van der Waals surface area contributed by atoms with Gasteiger partial charge in [-0.2, -0.15) is 4.68 Å². The zero-order valence-electron chi connectivity index (χ0n) is 12.7. The summed E-state index contributed by atoms with van der Waals surface area (Å²) in [4.78, 5) is 5.73. The van der Waals surface area contributed by atoms with Gasteiger partial charge in [-0.05, 0) is 26.0 Å². The van der Waals surface area contributed by atoms with E-state index in [-0.39, 0.29) is 0 Å². The second-order valence-electron chi connectivity index (χ2n) is 4.87. The summed E-state index contributed by atoms with van der Waals surface area (Å²) < 4.78 is 7.05. The minimum absolute atomic E-state index is 0.315. The highest BCUT2D eigenvalue weighted by Crippen LogP contribution is 2.30. The summed E-state index contributed by atoms with van der Waals surface area (Å²) in [6.07, 6.45) is 0. The Hall–Kier alpha value is -2.25. The molecule has 2 aromatic heterocycles. The summed E-state index contributed by atoms with van der Waals surface area (Å²) in [7, 11) is 1.64. The number of aromatic nitrogens is 4. The third kappa shape index (κ3) is 2.49. The summed E-state index contributed by atoms with van der Waals surface area (Å²) in [6.45, 7) is 4.35. The van der Waals surface area contributed by atoms with Gasteiger partial charge in [0, 0.05) is 17.0 Å². The Morgan fingerprint density at radius 2 is 2.14 bits per heavy atom. The lowest BCUT2D eigenvalue weighted by molar-refractivity contribution is 0.415. The van der Waals surface area contributed by atoms with E-state index in [1.54, 1.807) is 23.1 Å². The van der Waals surface area contributed by atoms with E-state index in [1.165, 1.54) is 0 Å². The fraction of sp³-hybridized carbons (Fsp3) is 0.267. The van der Waals surface area contributed by atoms with Crippen molar-refractivity contribution in [1.82, 2.24) is 20.0 Å². The lowest BCUT2D eigenvalue weighted by Gasteiger charge is -2.07. The smallest absolute Gasteiger partial charge is 0.212 e. The second kappa shape index (κ2) is 5.86. The lowest BCUT2D eigenvalue weighted by atomic mass is 10.1. The van der Waals surface area contributed by atoms with Crippen molar-refractivity contribution in [1.29, 1.82) is 0 Å². The van der Waals surface area contributed by atoms with Crippen LogP contribution in [0.4, 0.5) is 0 Å². The molecule has 22 heavy (non-hydrogen) atoms. The van der Waals surface area contributed by atoms with Gasteiger partial charge in [0.2, 0.25) is 5.13 Å². The molecule has 2 heterocycles. The van der Waals surface area contributed by atoms with Crippen LogP contribution in [-0.2, 0) is 6.54 Å². The number of thiazole rings is 1. The molecule has 0 atom stereocenters. The average molecular weight is 315 g/mol. The first kappa shape index (κ1) is 14.7. The fourth-order valence-electron chi connectivity index (χ4n) is 2.19. The highest BCUT2D eigenvalue weighted by molar-refractivity contribution is 7.14. The van der Waals surface area contributed by atoms with Gasteiger partial charge in [0.25, 0.3) is 0 Å². The van der Waals surface area contributed by atoms with E-state index >= 15 is 0 Å². The zero-order valence-corrected chi connectivity index (χ0v) is 13.5. The number of ether oxygens (including phenoxy) is 1. The number of hydrogen-bond acceptors (Lipinski definition) is 6. The lowest BCUT2D eigenvalue weighted by Crippen LogP contribution is -2.02. The molecule has 7 heteroatoms. The zero-order chi connectivity index (χ0) is 15.7. The Kier molecular flexibility index (Phi) is 3.91. The quantitative estimate of drug-likeness (QED) is 0.800. The van der Waals surface area contributed by atoms with Crippen LogP contribution in [-0.4, -0.2) is 27.1 Å². The summed E-state index contributed by atoms with van der Waals surface area (Å²) >= 11 is 1.59. The molecular formula is C15H17N5OS. The second-order valence-corrected chi connectivity index (χ2v) is 6.05. The molecule has 3 aromatic rings. The van der Waals surface area contributed by atoms with E-state index in [4.69, 9.17) is 10.5 Å². The molecule has 0 spiro atoms. The minimum atomic E-state index is 0.315. The van der Waals surface area contributed by atoms with Gasteiger partial charge in [-0.25, -0.2) is 4.98 Å². The third-order valence-electron chi connectivity index (χ3n) is 3.47. The van der Waals surface area contributed by atoms with Crippen LogP contribution in [0.3, 0.4) is 0 Å². The van der Waals surface area contributed by atoms with Crippen LogP contribution in [0.15, 0.2) is 24.3 Å². The Balaban J connectivity index is 2.19. The van der Waals surface area contributed by atoms with Gasteiger partial charge >= 0.3 is 0 Å². The monoisotopic (exact) mass is 315 g/mol. The molecule has 0 radical (unpaired) electrons. The summed E-state index contributed by atoms with van der Waals surface area (Å²) in [5.74, 6) is 0.778. The number of rotatable bonds is 4. The van der Waals surface area contributed by atoms with Crippen molar-refractivity contribution in [3.05, 3.63) is 40.5 Å². The van der Waals surface area contributed by atoms with Gasteiger partial charge in [-0.3, -0.25) is 0 Å². The van der Waals surface area contributed by atoms with Crippen LogP contribution in [0.25, 0.3) is 16.4 Å². The van der Waals surface area contributed by atoms with Gasteiger partial charge in [-0.1, -0.05) is 28.7 Å². The van der Waals surface area contributed by atoms with E-state index in [0.29, 0.717) is 6.54 Å². The number of nitrogens with two attached hydrogens (primary N) is 1. The largest absolute Gasteiger partial charge is 0.497 e. The molecule has 1 aromatic carbocycles. The van der Waals surface area contributed by atoms with Gasteiger partial charge in [0.05, 0.1) is 12.8 Å². The molecule has 6 nitrogen and oxygen atoms in total. The van der Waals surface area contributed by atoms with Crippen molar-refractivity contribution in [3.63, 3.8) is 0 Å². The molecule has 0 aliphatic heterocycles. The maximum Gasteiger partial charge on any atom is 0.212 e. The Labute approximate surface area is 132 Å². The van der Waals surface area contributed by atoms with Crippen molar-refractivity contribution < 1.29 is 4.74 Å². The van der Waals surface area contributed by atoms with E-state index in [2.05, 4.69) is 15.3 Å². The molecule has 0 aliphatic carbocycles. The molecule has 0 unspecified atom stereocenters. The van der Waals surface area contributed by atoms with Crippen molar-refractivity contribution in [2.75, 3.05) is 7.11 Å². The van der Waals surface area contributed by atoms with Gasteiger partial charge in [0.15, 0.2) is 0 Å². The number of hydrogen-bond donors (Lipinski definition) is 1. The van der Waals surface area contributed by atoms with Gasteiger partial charge in [-0.15, -0.1) is 5.10 Å². The normalized spacial score (nSPS) is 10.9.